The molecule has 0 spiro atoms. The molecule has 0 amide bonds. The number of pyridine rings is 1. The maximum absolute atomic E-state index is 13.8. The minimum Gasteiger partial charge on any atom is -0.486 e. The summed E-state index contributed by atoms with van der Waals surface area (Å²) >= 11 is 0. The molecule has 138 valence electrons. The van der Waals surface area contributed by atoms with Crippen LogP contribution >= 0.6 is 0 Å². The number of rotatable bonds is 4. The lowest BCUT2D eigenvalue weighted by molar-refractivity contribution is 0.0594. The van der Waals surface area contributed by atoms with Crippen LogP contribution < -0.4 is 15.4 Å². The second kappa shape index (κ2) is 7.65. The van der Waals surface area contributed by atoms with Gasteiger partial charge in [-0.1, -0.05) is 0 Å². The number of nitrogens with zero attached hydrogens (tertiary/aromatic N) is 2. The van der Waals surface area contributed by atoms with Gasteiger partial charge in [-0.15, -0.1) is 0 Å². The van der Waals surface area contributed by atoms with Crippen molar-refractivity contribution in [1.82, 2.24) is 4.98 Å². The number of carbonyl (C=O) groups excluding carboxylic acids is 1. The van der Waals surface area contributed by atoms with Crippen molar-refractivity contribution in [2.45, 2.75) is 18.6 Å². The van der Waals surface area contributed by atoms with Crippen molar-refractivity contribution in [2.24, 2.45) is 5.73 Å². The van der Waals surface area contributed by atoms with Gasteiger partial charge >= 0.3 is 5.97 Å². The molecule has 1 aliphatic rings. The summed E-state index contributed by atoms with van der Waals surface area (Å²) in [6.07, 6.45) is 1.69. The molecule has 2 aromatic rings. The third-order valence-corrected chi connectivity index (χ3v) is 4.27. The summed E-state index contributed by atoms with van der Waals surface area (Å²) in [7, 11) is 1.30. The van der Waals surface area contributed by atoms with Gasteiger partial charge in [-0.05, 0) is 24.3 Å². The first-order valence-electron chi connectivity index (χ1n) is 8.14. The fourth-order valence-electron chi connectivity index (χ4n) is 2.91. The highest BCUT2D eigenvalue weighted by Crippen LogP contribution is 2.25. The Kier molecular flexibility index (Phi) is 5.32. The minimum absolute atomic E-state index is 0.0165. The zero-order chi connectivity index (χ0) is 18.7. The predicted octanol–water partition coefficient (Wildman–Crippen LogP) is 2.13. The second-order valence-corrected chi connectivity index (χ2v) is 6.02. The number of ether oxygens (including phenoxy) is 2. The van der Waals surface area contributed by atoms with E-state index in [4.69, 9.17) is 10.5 Å². The van der Waals surface area contributed by atoms with Crippen LogP contribution in [0, 0.1) is 11.6 Å². The van der Waals surface area contributed by atoms with Gasteiger partial charge in [0.05, 0.1) is 13.2 Å². The molecule has 0 saturated carbocycles. The van der Waals surface area contributed by atoms with Gasteiger partial charge in [-0.25, -0.2) is 18.6 Å². The number of hydrogen-bond donors (Lipinski definition) is 1. The van der Waals surface area contributed by atoms with Crippen LogP contribution in [0.15, 0.2) is 36.5 Å². The highest BCUT2D eigenvalue weighted by molar-refractivity contribution is 5.88. The lowest BCUT2D eigenvalue weighted by atomic mass is 10.0. The van der Waals surface area contributed by atoms with Gasteiger partial charge in [0, 0.05) is 37.5 Å². The number of carbonyl (C=O) groups is 1. The minimum atomic E-state index is -0.753. The lowest BCUT2D eigenvalue weighted by Gasteiger charge is -2.38. The molecular formula is C18H19F2N3O3. The molecule has 2 unspecified atom stereocenters. The van der Waals surface area contributed by atoms with E-state index >= 15 is 0 Å². The maximum Gasteiger partial charge on any atom is 0.356 e. The molecule has 1 aromatic carbocycles. The van der Waals surface area contributed by atoms with Gasteiger partial charge in [0.2, 0.25) is 0 Å². The van der Waals surface area contributed by atoms with Crippen molar-refractivity contribution in [1.29, 1.82) is 0 Å². The first-order chi connectivity index (χ1) is 12.5. The first-order valence-corrected chi connectivity index (χ1v) is 8.14. The summed E-state index contributed by atoms with van der Waals surface area (Å²) < 4.78 is 37.1. The van der Waals surface area contributed by atoms with Crippen molar-refractivity contribution in [3.05, 3.63) is 53.9 Å². The molecule has 1 aliphatic heterocycles. The van der Waals surface area contributed by atoms with Gasteiger partial charge in [-0.2, -0.15) is 0 Å². The van der Waals surface area contributed by atoms with Gasteiger partial charge < -0.3 is 20.1 Å². The van der Waals surface area contributed by atoms with Crippen molar-refractivity contribution in [2.75, 3.05) is 25.1 Å². The Hall–Kier alpha value is -2.74. The summed E-state index contributed by atoms with van der Waals surface area (Å²) in [6, 6.07) is 6.21. The Balaban J connectivity index is 1.67. The Morgan fingerprint density at radius 2 is 2.12 bits per heavy atom. The summed E-state index contributed by atoms with van der Waals surface area (Å²) in [4.78, 5) is 17.6. The fourth-order valence-corrected chi connectivity index (χ4v) is 2.91. The number of hydrogen-bond acceptors (Lipinski definition) is 6. The Morgan fingerprint density at radius 1 is 1.31 bits per heavy atom. The number of nitrogens with two attached hydrogens (primary N) is 1. The molecule has 6 nitrogen and oxygen atoms in total. The number of anilines is 1. The largest absolute Gasteiger partial charge is 0.486 e. The average Bonchev–Trinajstić information content (AvgIpc) is 2.64. The Labute approximate surface area is 149 Å². The number of piperidine rings is 1. The van der Waals surface area contributed by atoms with Crippen LogP contribution in [0.25, 0.3) is 0 Å². The Bertz CT molecular complexity index is 803. The van der Waals surface area contributed by atoms with E-state index in [0.717, 1.165) is 17.8 Å². The van der Waals surface area contributed by atoms with Crippen LogP contribution in [-0.4, -0.2) is 43.3 Å². The Morgan fingerprint density at radius 3 is 2.81 bits per heavy atom. The molecule has 1 aromatic heterocycles. The van der Waals surface area contributed by atoms with Gasteiger partial charge in [0.15, 0.2) is 11.6 Å². The molecular weight excluding hydrogens is 344 g/mol. The van der Waals surface area contributed by atoms with Crippen LogP contribution in [-0.2, 0) is 4.74 Å². The van der Waals surface area contributed by atoms with Gasteiger partial charge in [0.1, 0.15) is 17.6 Å². The molecule has 0 aliphatic carbocycles. The van der Waals surface area contributed by atoms with Gasteiger partial charge in [0.25, 0.3) is 0 Å². The van der Waals surface area contributed by atoms with E-state index in [-0.39, 0.29) is 17.5 Å². The number of benzene rings is 1. The number of methoxy groups -OCH3 is 1. The molecule has 8 heteroatoms. The van der Waals surface area contributed by atoms with E-state index in [1.54, 1.807) is 12.1 Å². The molecule has 26 heavy (non-hydrogen) atoms. The summed E-state index contributed by atoms with van der Waals surface area (Å²) in [6.45, 7) is 1.06. The third kappa shape index (κ3) is 3.91. The zero-order valence-corrected chi connectivity index (χ0v) is 14.2. The average molecular weight is 363 g/mol. The van der Waals surface area contributed by atoms with Crippen LogP contribution in [0.2, 0.25) is 0 Å². The predicted molar refractivity (Wildman–Crippen MR) is 91.2 cm³/mol. The van der Waals surface area contributed by atoms with E-state index in [1.807, 2.05) is 4.90 Å². The van der Waals surface area contributed by atoms with Crippen molar-refractivity contribution < 1.29 is 23.0 Å². The van der Waals surface area contributed by atoms with Crippen molar-refractivity contribution in [3.8, 4) is 5.75 Å². The normalized spacial score (nSPS) is 19.9. The van der Waals surface area contributed by atoms with E-state index in [1.165, 1.54) is 19.4 Å². The number of esters is 1. The molecule has 2 atom stereocenters. The summed E-state index contributed by atoms with van der Waals surface area (Å²) in [5.41, 5.74) is 7.20. The van der Waals surface area contributed by atoms with E-state index in [2.05, 4.69) is 9.72 Å². The molecule has 2 heterocycles. The van der Waals surface area contributed by atoms with Gasteiger partial charge in [-0.3, -0.25) is 0 Å². The van der Waals surface area contributed by atoms with Crippen LogP contribution in [0.1, 0.15) is 16.9 Å². The molecule has 2 N–H and O–H groups in total. The topological polar surface area (TPSA) is 77.7 Å². The van der Waals surface area contributed by atoms with E-state index in [0.29, 0.717) is 19.5 Å². The van der Waals surface area contributed by atoms with E-state index in [9.17, 15) is 13.6 Å². The molecule has 3 rings (SSSR count). The number of aromatic nitrogens is 1. The van der Waals surface area contributed by atoms with Crippen LogP contribution in [0.3, 0.4) is 0 Å². The zero-order valence-electron chi connectivity index (χ0n) is 14.2. The molecule has 1 saturated heterocycles. The fraction of sp³-hybridized carbons (Fsp3) is 0.333. The summed E-state index contributed by atoms with van der Waals surface area (Å²) in [5.74, 6) is -1.94. The maximum atomic E-state index is 13.8. The molecule has 0 radical (unpaired) electrons. The number of halogens is 2. The van der Waals surface area contributed by atoms with E-state index < -0.39 is 23.7 Å². The monoisotopic (exact) mass is 363 g/mol. The standard InChI is InChI=1S/C18H19F2N3O3/c1-25-18(24)15-9-12(4-6-22-15)23-7-5-17(14(21)10-23)26-16-3-2-11(19)8-13(16)20/h2-4,6,8-9,14,17H,5,7,10,21H2,1H3. The second-order valence-electron chi connectivity index (χ2n) is 6.02. The molecule has 0 bridgehead atoms. The van der Waals surface area contributed by atoms with Crippen molar-refractivity contribution >= 4 is 11.7 Å². The smallest absolute Gasteiger partial charge is 0.356 e. The first kappa shape index (κ1) is 18.1. The highest BCUT2D eigenvalue weighted by Gasteiger charge is 2.29. The quantitative estimate of drug-likeness (QED) is 0.839. The van der Waals surface area contributed by atoms with Crippen LogP contribution in [0.5, 0.6) is 5.75 Å². The van der Waals surface area contributed by atoms with Crippen molar-refractivity contribution in [3.63, 3.8) is 0 Å². The van der Waals surface area contributed by atoms with Crippen LogP contribution in [0.4, 0.5) is 14.5 Å². The summed E-state index contributed by atoms with van der Waals surface area (Å²) in [5, 5.41) is 0. The SMILES string of the molecule is COC(=O)c1cc(N2CCC(Oc3ccc(F)cc3F)C(N)C2)ccn1. The third-order valence-electron chi connectivity index (χ3n) is 4.27. The molecule has 1 fully saturated rings. The lowest BCUT2D eigenvalue weighted by Crippen LogP contribution is -2.53. The highest BCUT2D eigenvalue weighted by atomic mass is 19.1.